The first-order valence-electron chi connectivity index (χ1n) is 8.63. The van der Waals surface area contributed by atoms with Crippen LogP contribution >= 0.6 is 11.6 Å². The summed E-state index contributed by atoms with van der Waals surface area (Å²) in [7, 11) is 0. The van der Waals surface area contributed by atoms with Crippen molar-refractivity contribution in [1.82, 2.24) is 5.32 Å². The summed E-state index contributed by atoms with van der Waals surface area (Å²) in [4.78, 5) is 14.6. The molecule has 1 N–H and O–H groups in total. The van der Waals surface area contributed by atoms with Gasteiger partial charge in [0, 0.05) is 17.3 Å². The lowest BCUT2D eigenvalue weighted by Gasteiger charge is -2.47. The van der Waals surface area contributed by atoms with Crippen molar-refractivity contribution in [3.63, 3.8) is 0 Å². The third-order valence-corrected chi connectivity index (χ3v) is 4.65. The third-order valence-electron chi connectivity index (χ3n) is 4.39. The molecular formula is C20H23ClN2O2. The van der Waals surface area contributed by atoms with Crippen molar-refractivity contribution in [1.29, 1.82) is 0 Å². The number of hydrogen-bond acceptors (Lipinski definition) is 3. The molecule has 1 amide bonds. The largest absolute Gasteiger partial charge is 0.478 e. The number of nitrogens with one attached hydrogen (secondary N) is 1. The zero-order valence-electron chi connectivity index (χ0n) is 14.5. The fourth-order valence-corrected chi connectivity index (χ4v) is 3.19. The van der Waals surface area contributed by atoms with E-state index in [1.54, 1.807) is 24.3 Å². The normalized spacial score (nSPS) is 19.6. The molecule has 0 aliphatic carbocycles. The molecule has 4 nitrogen and oxygen atoms in total. The molecule has 0 saturated carbocycles. The Morgan fingerprint density at radius 3 is 2.56 bits per heavy atom. The van der Waals surface area contributed by atoms with Crippen LogP contribution in [0.1, 0.15) is 18.9 Å². The number of halogens is 1. The first kappa shape index (κ1) is 17.8. The molecule has 1 fully saturated rings. The van der Waals surface area contributed by atoms with Gasteiger partial charge in [-0.2, -0.15) is 0 Å². The number of hydrogen-bond donors (Lipinski definition) is 1. The van der Waals surface area contributed by atoms with Crippen molar-refractivity contribution in [2.24, 2.45) is 0 Å². The van der Waals surface area contributed by atoms with Crippen LogP contribution in [-0.2, 0) is 4.79 Å². The number of carbonyl (C=O) groups excluding carboxylic acids is 1. The molecule has 2 aromatic carbocycles. The second-order valence-corrected chi connectivity index (χ2v) is 6.70. The highest BCUT2D eigenvalue weighted by Gasteiger charge is 2.50. The molecule has 5 heteroatoms. The molecule has 0 radical (unpaired) electrons. The van der Waals surface area contributed by atoms with Crippen molar-refractivity contribution < 1.29 is 9.53 Å². The zero-order valence-corrected chi connectivity index (χ0v) is 15.3. The van der Waals surface area contributed by atoms with E-state index in [2.05, 4.69) is 12.2 Å². The Morgan fingerprint density at radius 2 is 1.88 bits per heavy atom. The van der Waals surface area contributed by atoms with E-state index in [0.717, 1.165) is 24.2 Å². The van der Waals surface area contributed by atoms with Gasteiger partial charge >= 0.3 is 0 Å². The van der Waals surface area contributed by atoms with Gasteiger partial charge < -0.3 is 15.0 Å². The van der Waals surface area contributed by atoms with Crippen molar-refractivity contribution in [3.05, 3.63) is 59.1 Å². The van der Waals surface area contributed by atoms with Crippen LogP contribution in [0.15, 0.2) is 48.5 Å². The molecule has 3 rings (SSSR count). The summed E-state index contributed by atoms with van der Waals surface area (Å²) in [6.07, 6.45) is 0.568. The predicted molar refractivity (Wildman–Crippen MR) is 101 cm³/mol. The van der Waals surface area contributed by atoms with E-state index in [9.17, 15) is 4.79 Å². The third kappa shape index (κ3) is 3.80. The predicted octanol–water partition coefficient (Wildman–Crippen LogP) is 3.81. The number of carbonyl (C=O) groups is 1. The number of para-hydroxylation sites is 1. The van der Waals surface area contributed by atoms with Gasteiger partial charge in [-0.15, -0.1) is 0 Å². The van der Waals surface area contributed by atoms with E-state index >= 15 is 0 Å². The Balaban J connectivity index is 1.79. The fraction of sp³-hybridized carbons (Fsp3) is 0.350. The molecule has 0 bridgehead atoms. The second kappa shape index (κ2) is 7.89. The summed E-state index contributed by atoms with van der Waals surface area (Å²) in [5, 5.41) is 4.05. The van der Waals surface area contributed by atoms with Crippen LogP contribution in [0, 0.1) is 6.92 Å². The Hall–Kier alpha value is -2.04. The van der Waals surface area contributed by atoms with Gasteiger partial charge in [-0.3, -0.25) is 4.79 Å². The zero-order chi connectivity index (χ0) is 17.8. The molecule has 1 aliphatic rings. The first-order chi connectivity index (χ1) is 12.1. The van der Waals surface area contributed by atoms with E-state index in [-0.39, 0.29) is 11.9 Å². The molecule has 1 saturated heterocycles. The number of ether oxygens (including phenoxy) is 1. The van der Waals surface area contributed by atoms with Gasteiger partial charge in [0.2, 0.25) is 0 Å². The van der Waals surface area contributed by atoms with Crippen molar-refractivity contribution in [2.75, 3.05) is 18.0 Å². The maximum absolute atomic E-state index is 12.8. The van der Waals surface area contributed by atoms with Gasteiger partial charge in [0.05, 0.1) is 6.04 Å². The molecule has 0 spiro atoms. The van der Waals surface area contributed by atoms with Crippen LogP contribution in [0.25, 0.3) is 0 Å². The van der Waals surface area contributed by atoms with Gasteiger partial charge in [-0.25, -0.2) is 0 Å². The molecule has 0 aromatic heterocycles. The monoisotopic (exact) mass is 358 g/mol. The number of rotatable bonds is 7. The minimum Gasteiger partial charge on any atom is -0.478 e. The summed E-state index contributed by atoms with van der Waals surface area (Å²) in [6, 6.07) is 15.0. The molecule has 0 unspecified atom stereocenters. The lowest BCUT2D eigenvalue weighted by Crippen LogP contribution is -2.70. The van der Waals surface area contributed by atoms with Gasteiger partial charge in [-0.05, 0) is 55.8 Å². The second-order valence-electron chi connectivity index (χ2n) is 6.26. The first-order valence-corrected chi connectivity index (χ1v) is 9.01. The van der Waals surface area contributed by atoms with Crippen LogP contribution in [0.5, 0.6) is 5.75 Å². The number of benzene rings is 2. The van der Waals surface area contributed by atoms with Crippen LogP contribution in [0.3, 0.4) is 0 Å². The molecule has 1 heterocycles. The minimum absolute atomic E-state index is 0.00690. The van der Waals surface area contributed by atoms with E-state index < -0.39 is 6.10 Å². The Bertz CT molecular complexity index is 733. The van der Waals surface area contributed by atoms with Crippen LogP contribution in [-0.4, -0.2) is 31.1 Å². The number of β-lactam (4-membered cyclic amide) rings is 1. The average Bonchev–Trinajstić information content (AvgIpc) is 2.62. The number of nitrogens with zero attached hydrogens (tertiary/aromatic N) is 1. The highest BCUT2D eigenvalue weighted by Crippen LogP contribution is 2.33. The Kier molecular flexibility index (Phi) is 5.61. The fourth-order valence-electron chi connectivity index (χ4n) is 3.06. The van der Waals surface area contributed by atoms with E-state index in [1.165, 1.54) is 0 Å². The molecule has 132 valence electrons. The summed E-state index contributed by atoms with van der Waals surface area (Å²) >= 11 is 5.92. The summed E-state index contributed by atoms with van der Waals surface area (Å²) in [5.74, 6) is 0.653. The summed E-state index contributed by atoms with van der Waals surface area (Å²) < 4.78 is 5.96. The average molecular weight is 359 g/mol. The molecular weight excluding hydrogens is 336 g/mol. The van der Waals surface area contributed by atoms with Crippen molar-refractivity contribution in [3.8, 4) is 5.75 Å². The highest BCUT2D eigenvalue weighted by molar-refractivity contribution is 6.30. The standard InChI is InChI=1S/C20H23ClN2O2/c1-3-12-22-13-18-19(25-16-10-8-15(21)9-11-16)20(24)23(18)17-7-5-4-6-14(17)2/h4-11,18-19,22H,3,12-13H2,1-2H3/t18-,19-/m1/s1. The van der Waals surface area contributed by atoms with Crippen molar-refractivity contribution in [2.45, 2.75) is 32.4 Å². The van der Waals surface area contributed by atoms with Gasteiger partial charge in [0.25, 0.3) is 5.91 Å². The maximum Gasteiger partial charge on any atom is 0.270 e. The molecule has 2 aromatic rings. The maximum atomic E-state index is 12.8. The SMILES string of the molecule is CCCNC[C@@H]1[C@@H](Oc2ccc(Cl)cc2)C(=O)N1c1ccccc1C. The highest BCUT2D eigenvalue weighted by atomic mass is 35.5. The number of aryl methyl sites for hydroxylation is 1. The lowest BCUT2D eigenvalue weighted by atomic mass is 9.95. The topological polar surface area (TPSA) is 41.6 Å². The smallest absolute Gasteiger partial charge is 0.270 e. The Morgan fingerprint density at radius 1 is 1.16 bits per heavy atom. The van der Waals surface area contributed by atoms with E-state index in [0.29, 0.717) is 17.3 Å². The van der Waals surface area contributed by atoms with Gasteiger partial charge in [0.15, 0.2) is 6.10 Å². The van der Waals surface area contributed by atoms with Crippen molar-refractivity contribution >= 4 is 23.2 Å². The minimum atomic E-state index is -0.481. The number of anilines is 1. The van der Waals surface area contributed by atoms with E-state index in [1.807, 2.05) is 36.1 Å². The quantitative estimate of drug-likeness (QED) is 0.604. The molecule has 25 heavy (non-hydrogen) atoms. The van der Waals surface area contributed by atoms with Crippen LogP contribution in [0.4, 0.5) is 5.69 Å². The number of amides is 1. The lowest BCUT2D eigenvalue weighted by molar-refractivity contribution is -0.134. The Labute approximate surface area is 153 Å². The molecule has 2 atom stereocenters. The van der Waals surface area contributed by atoms with Gasteiger partial charge in [0.1, 0.15) is 5.75 Å². The summed E-state index contributed by atoms with van der Waals surface area (Å²) in [6.45, 7) is 5.76. The van der Waals surface area contributed by atoms with Crippen LogP contribution < -0.4 is 15.0 Å². The molecule has 1 aliphatic heterocycles. The summed E-state index contributed by atoms with van der Waals surface area (Å²) in [5.41, 5.74) is 2.04. The van der Waals surface area contributed by atoms with E-state index in [4.69, 9.17) is 16.3 Å². The van der Waals surface area contributed by atoms with Crippen LogP contribution in [0.2, 0.25) is 5.02 Å². The van der Waals surface area contributed by atoms with Gasteiger partial charge in [-0.1, -0.05) is 36.7 Å².